The molecule has 0 radical (unpaired) electrons. The second-order valence-electron chi connectivity index (χ2n) is 6.48. The van der Waals surface area contributed by atoms with Gasteiger partial charge in [-0.05, 0) is 42.1 Å². The topological polar surface area (TPSA) is 76.1 Å². The Kier molecular flexibility index (Phi) is 6.85. The van der Waals surface area contributed by atoms with Crippen molar-refractivity contribution in [2.45, 2.75) is 12.5 Å². The molecule has 0 aliphatic carbocycles. The minimum Gasteiger partial charge on any atom is -0.507 e. The van der Waals surface area contributed by atoms with E-state index in [1.54, 1.807) is 37.5 Å². The molecule has 1 atom stereocenters. The molecule has 152 valence electrons. The number of aliphatic hydroxyl groups excluding tert-OH is 1. The molecule has 0 saturated carbocycles. The number of ketones is 1. The molecule has 29 heavy (non-hydrogen) atoms. The third-order valence-electron chi connectivity index (χ3n) is 4.60. The second kappa shape index (κ2) is 9.54. The van der Waals surface area contributed by atoms with Gasteiger partial charge in [-0.3, -0.25) is 9.59 Å². The van der Waals surface area contributed by atoms with Crippen molar-refractivity contribution in [3.63, 3.8) is 0 Å². The largest absolute Gasteiger partial charge is 0.507 e. The smallest absolute Gasteiger partial charge is 0.295 e. The first-order valence-electron chi connectivity index (χ1n) is 9.23. The highest BCUT2D eigenvalue weighted by atomic mass is 32.1. The number of nitrogens with zero attached hydrogens (tertiary/aromatic N) is 1. The highest BCUT2D eigenvalue weighted by Gasteiger charge is 2.46. The van der Waals surface area contributed by atoms with Gasteiger partial charge in [0.15, 0.2) is 0 Å². The Morgan fingerprint density at radius 1 is 1.28 bits per heavy atom. The number of carbonyl (C=O) groups excluding carboxylic acids is 2. The summed E-state index contributed by atoms with van der Waals surface area (Å²) in [7, 11) is 1.59. The zero-order valence-electron chi connectivity index (χ0n) is 16.2. The molecule has 1 N–H and O–H groups in total. The predicted octanol–water partition coefficient (Wildman–Crippen LogP) is 3.77. The summed E-state index contributed by atoms with van der Waals surface area (Å²) in [6.45, 7) is 4.82. The number of Topliss-reactive ketones (excluding diaryl/α,β-unsaturated/α-hetero) is 1. The van der Waals surface area contributed by atoms with Crippen LogP contribution >= 0.6 is 11.3 Å². The van der Waals surface area contributed by atoms with Gasteiger partial charge >= 0.3 is 0 Å². The second-order valence-corrected chi connectivity index (χ2v) is 7.46. The van der Waals surface area contributed by atoms with Crippen LogP contribution in [0.1, 0.15) is 22.9 Å². The normalized spacial score (nSPS) is 18.2. The van der Waals surface area contributed by atoms with E-state index in [1.807, 2.05) is 17.5 Å². The van der Waals surface area contributed by atoms with E-state index in [-0.39, 0.29) is 11.3 Å². The fourth-order valence-corrected chi connectivity index (χ4v) is 4.10. The predicted molar refractivity (Wildman–Crippen MR) is 112 cm³/mol. The zero-order chi connectivity index (χ0) is 20.8. The molecule has 3 rings (SSSR count). The average molecular weight is 413 g/mol. The maximum Gasteiger partial charge on any atom is 0.295 e. The van der Waals surface area contributed by atoms with E-state index in [2.05, 4.69) is 6.58 Å². The first-order valence-corrected chi connectivity index (χ1v) is 10.1. The van der Waals surface area contributed by atoms with Crippen LogP contribution in [0.3, 0.4) is 0 Å². The minimum atomic E-state index is -0.676. The lowest BCUT2D eigenvalue weighted by Crippen LogP contribution is -2.31. The molecule has 1 fully saturated rings. The summed E-state index contributed by atoms with van der Waals surface area (Å²) in [5.41, 5.74) is 0.557. The number of benzene rings is 1. The van der Waals surface area contributed by atoms with Crippen LogP contribution in [-0.4, -0.2) is 48.6 Å². The number of likely N-dealkylation sites (tertiary alicyclic amines) is 1. The standard InChI is InChI=1S/C22H23NO5S/c1-3-12-28-16-9-7-15(8-10-16)20(24)18-19(17-6-4-14-29-17)23(11-5-13-27-2)22(26)21(18)25/h3-4,6-10,14,19,24H,1,5,11-13H2,2H3/b20-18+. The molecule has 0 bridgehead atoms. The van der Waals surface area contributed by atoms with E-state index in [0.717, 1.165) is 4.88 Å². The molecule has 1 aromatic heterocycles. The molecule has 1 aromatic carbocycles. The van der Waals surface area contributed by atoms with Crippen molar-refractivity contribution < 1.29 is 24.2 Å². The number of hydrogen-bond acceptors (Lipinski definition) is 6. The molecule has 6 nitrogen and oxygen atoms in total. The molecular formula is C22H23NO5S. The molecule has 7 heteroatoms. The van der Waals surface area contributed by atoms with Crippen LogP contribution in [0.15, 0.2) is 60.0 Å². The van der Waals surface area contributed by atoms with E-state index >= 15 is 0 Å². The van der Waals surface area contributed by atoms with Gasteiger partial charge in [-0.15, -0.1) is 11.3 Å². The van der Waals surface area contributed by atoms with Crippen molar-refractivity contribution in [1.82, 2.24) is 4.90 Å². The molecule has 1 aliphatic rings. The van der Waals surface area contributed by atoms with Gasteiger partial charge in [0.2, 0.25) is 0 Å². The summed E-state index contributed by atoms with van der Waals surface area (Å²) < 4.78 is 10.5. The minimum absolute atomic E-state index is 0.106. The van der Waals surface area contributed by atoms with Crippen LogP contribution < -0.4 is 4.74 Å². The third-order valence-corrected chi connectivity index (χ3v) is 5.52. The van der Waals surface area contributed by atoms with Gasteiger partial charge in [0.05, 0.1) is 11.6 Å². The molecule has 1 saturated heterocycles. The number of aliphatic hydroxyl groups is 1. The van der Waals surface area contributed by atoms with Gasteiger partial charge in [0.1, 0.15) is 18.1 Å². The van der Waals surface area contributed by atoms with E-state index in [1.165, 1.54) is 16.2 Å². The van der Waals surface area contributed by atoms with Crippen LogP contribution in [-0.2, 0) is 14.3 Å². The average Bonchev–Trinajstić information content (AvgIpc) is 3.35. The van der Waals surface area contributed by atoms with Gasteiger partial charge in [-0.25, -0.2) is 0 Å². The van der Waals surface area contributed by atoms with E-state index in [0.29, 0.717) is 37.5 Å². The number of hydrogen-bond donors (Lipinski definition) is 1. The van der Waals surface area contributed by atoms with Crippen molar-refractivity contribution >= 4 is 28.8 Å². The SMILES string of the molecule is C=CCOc1ccc(/C(O)=C2\C(=O)C(=O)N(CCCOC)C2c2cccs2)cc1. The van der Waals surface area contributed by atoms with Crippen molar-refractivity contribution in [3.05, 3.63) is 70.4 Å². The Balaban J connectivity index is 1.98. The Morgan fingerprint density at radius 3 is 2.66 bits per heavy atom. The van der Waals surface area contributed by atoms with Gasteiger partial charge < -0.3 is 19.5 Å². The number of ether oxygens (including phenoxy) is 2. The lowest BCUT2D eigenvalue weighted by Gasteiger charge is -2.23. The Labute approximate surface area is 173 Å². The van der Waals surface area contributed by atoms with Crippen molar-refractivity contribution in [1.29, 1.82) is 0 Å². The molecule has 0 spiro atoms. The fraction of sp³-hybridized carbons (Fsp3) is 0.273. The van der Waals surface area contributed by atoms with E-state index < -0.39 is 17.7 Å². The monoisotopic (exact) mass is 413 g/mol. The summed E-state index contributed by atoms with van der Waals surface area (Å²) in [5.74, 6) is -0.847. The lowest BCUT2D eigenvalue weighted by molar-refractivity contribution is -0.140. The van der Waals surface area contributed by atoms with Crippen LogP contribution in [0, 0.1) is 0 Å². The third kappa shape index (κ3) is 4.41. The summed E-state index contributed by atoms with van der Waals surface area (Å²) in [5, 5.41) is 12.8. The van der Waals surface area contributed by atoms with Crippen molar-refractivity contribution in [2.75, 3.05) is 26.9 Å². The molecular weight excluding hydrogens is 390 g/mol. The van der Waals surface area contributed by atoms with Gasteiger partial charge in [-0.2, -0.15) is 0 Å². The van der Waals surface area contributed by atoms with Crippen molar-refractivity contribution in [2.24, 2.45) is 0 Å². The highest BCUT2D eigenvalue weighted by Crippen LogP contribution is 2.41. The first kappa shape index (κ1) is 20.8. The summed E-state index contributed by atoms with van der Waals surface area (Å²) in [4.78, 5) is 27.8. The number of amides is 1. The van der Waals surface area contributed by atoms with E-state index in [9.17, 15) is 14.7 Å². The fourth-order valence-electron chi connectivity index (χ4n) is 3.25. The summed E-state index contributed by atoms with van der Waals surface area (Å²) >= 11 is 1.44. The Bertz CT molecular complexity index is 902. The van der Waals surface area contributed by atoms with Gasteiger partial charge in [-0.1, -0.05) is 18.7 Å². The van der Waals surface area contributed by atoms with Crippen LogP contribution in [0.25, 0.3) is 5.76 Å². The lowest BCUT2D eigenvalue weighted by atomic mass is 10.00. The van der Waals surface area contributed by atoms with Gasteiger partial charge in [0.25, 0.3) is 11.7 Å². The zero-order valence-corrected chi connectivity index (χ0v) is 17.0. The summed E-state index contributed by atoms with van der Waals surface area (Å²) in [6, 6.07) is 9.85. The van der Waals surface area contributed by atoms with Crippen LogP contribution in [0.2, 0.25) is 0 Å². The Morgan fingerprint density at radius 2 is 2.03 bits per heavy atom. The molecule has 2 aromatic rings. The molecule has 1 unspecified atom stereocenters. The maximum atomic E-state index is 12.8. The van der Waals surface area contributed by atoms with Crippen molar-refractivity contribution in [3.8, 4) is 5.75 Å². The number of rotatable bonds is 9. The number of methoxy groups -OCH3 is 1. The highest BCUT2D eigenvalue weighted by molar-refractivity contribution is 7.10. The van der Waals surface area contributed by atoms with Crippen LogP contribution in [0.4, 0.5) is 0 Å². The number of carbonyl (C=O) groups is 2. The number of thiophene rings is 1. The van der Waals surface area contributed by atoms with Crippen LogP contribution in [0.5, 0.6) is 5.75 Å². The summed E-state index contributed by atoms with van der Waals surface area (Å²) in [6.07, 6.45) is 2.24. The maximum absolute atomic E-state index is 12.8. The Hall–Kier alpha value is -2.90. The quantitative estimate of drug-likeness (QED) is 0.223. The molecule has 1 aliphatic heterocycles. The molecule has 1 amide bonds. The van der Waals surface area contributed by atoms with E-state index in [4.69, 9.17) is 9.47 Å². The molecule has 2 heterocycles. The first-order chi connectivity index (χ1) is 14.1. The van der Waals surface area contributed by atoms with Gasteiger partial charge in [0, 0.05) is 30.7 Å².